The third-order valence-electron chi connectivity index (χ3n) is 3.20. The summed E-state index contributed by atoms with van der Waals surface area (Å²) in [6.45, 7) is 8.74. The molecule has 0 aromatic heterocycles. The van der Waals surface area contributed by atoms with Gasteiger partial charge in [-0.25, -0.2) is 8.42 Å². The molecule has 0 fully saturated rings. The molecule has 0 aliphatic heterocycles. The molecule has 1 rings (SSSR count). The van der Waals surface area contributed by atoms with Crippen LogP contribution >= 0.6 is 11.6 Å². The van der Waals surface area contributed by atoms with Crippen molar-refractivity contribution in [3.05, 3.63) is 28.8 Å². The van der Waals surface area contributed by atoms with E-state index >= 15 is 0 Å². The molecule has 0 unspecified atom stereocenters. The third kappa shape index (κ3) is 4.44. The van der Waals surface area contributed by atoms with E-state index in [1.807, 2.05) is 13.8 Å². The van der Waals surface area contributed by atoms with E-state index in [4.69, 9.17) is 11.6 Å². The zero-order valence-corrected chi connectivity index (χ0v) is 15.0. The first-order chi connectivity index (χ1) is 10.2. The minimum Gasteiger partial charge on any atom is -0.352 e. The fraction of sp³-hybridized carbons (Fsp3) is 0.533. The lowest BCUT2D eigenvalue weighted by Crippen LogP contribution is -2.31. The van der Waals surface area contributed by atoms with Crippen molar-refractivity contribution in [2.75, 3.05) is 19.6 Å². The van der Waals surface area contributed by atoms with Crippen molar-refractivity contribution in [3.8, 4) is 0 Å². The number of carbonyl (C=O) groups excluding carboxylic acids is 1. The molecule has 0 aliphatic rings. The first-order valence-corrected chi connectivity index (χ1v) is 9.13. The van der Waals surface area contributed by atoms with Crippen LogP contribution in [-0.2, 0) is 10.0 Å². The average molecular weight is 347 g/mol. The summed E-state index contributed by atoms with van der Waals surface area (Å²) in [7, 11) is -3.61. The van der Waals surface area contributed by atoms with E-state index in [0.717, 1.165) is 0 Å². The molecule has 0 saturated heterocycles. The third-order valence-corrected chi connectivity index (χ3v) is 5.57. The predicted molar refractivity (Wildman–Crippen MR) is 88.7 cm³/mol. The van der Waals surface area contributed by atoms with Crippen molar-refractivity contribution in [3.63, 3.8) is 0 Å². The Morgan fingerprint density at radius 2 is 1.86 bits per heavy atom. The minimum atomic E-state index is -3.61. The Bertz CT molecular complexity index is 626. The second-order valence-electron chi connectivity index (χ2n) is 5.33. The second kappa shape index (κ2) is 7.94. The van der Waals surface area contributed by atoms with Crippen LogP contribution in [0.5, 0.6) is 0 Å². The molecule has 22 heavy (non-hydrogen) atoms. The molecular formula is C15H23ClN2O3S. The Morgan fingerprint density at radius 1 is 1.27 bits per heavy atom. The number of benzene rings is 1. The predicted octanol–water partition coefficient (Wildman–Crippen LogP) is 2.76. The fourth-order valence-electron chi connectivity index (χ4n) is 1.94. The quantitative estimate of drug-likeness (QED) is 0.825. The summed E-state index contributed by atoms with van der Waals surface area (Å²) >= 11 is 6.03. The maximum atomic E-state index is 12.5. The monoisotopic (exact) mass is 346 g/mol. The van der Waals surface area contributed by atoms with Crippen molar-refractivity contribution in [2.24, 2.45) is 5.92 Å². The van der Waals surface area contributed by atoms with E-state index in [1.54, 1.807) is 13.8 Å². The van der Waals surface area contributed by atoms with Gasteiger partial charge >= 0.3 is 0 Å². The highest BCUT2D eigenvalue weighted by molar-refractivity contribution is 7.89. The number of carbonyl (C=O) groups is 1. The number of halogens is 1. The average Bonchev–Trinajstić information content (AvgIpc) is 2.45. The molecule has 0 heterocycles. The summed E-state index contributed by atoms with van der Waals surface area (Å²) in [5, 5.41) is 2.98. The van der Waals surface area contributed by atoms with Crippen molar-refractivity contribution in [2.45, 2.75) is 32.6 Å². The van der Waals surface area contributed by atoms with Crippen LogP contribution in [0.2, 0.25) is 5.02 Å². The van der Waals surface area contributed by atoms with Gasteiger partial charge in [0.15, 0.2) is 0 Å². The number of amides is 1. The minimum absolute atomic E-state index is 0.0790. The van der Waals surface area contributed by atoms with Crippen LogP contribution in [0.4, 0.5) is 0 Å². The summed E-state index contributed by atoms with van der Waals surface area (Å²) in [6, 6.07) is 4.21. The summed E-state index contributed by atoms with van der Waals surface area (Å²) in [5.74, 6) is -0.0689. The lowest BCUT2D eigenvalue weighted by atomic mass is 10.2. The highest BCUT2D eigenvalue weighted by Gasteiger charge is 2.23. The Balaban J connectivity index is 3.16. The number of nitrogens with one attached hydrogen (secondary N) is 1. The lowest BCUT2D eigenvalue weighted by molar-refractivity contribution is 0.0949. The standard InChI is InChI=1S/C15H23ClN2O3S/c1-5-18(6-2)22(20,21)12-7-8-14(16)13(9-12)15(19)17-10-11(3)4/h7-9,11H,5-6,10H2,1-4H3,(H,17,19). The van der Waals surface area contributed by atoms with Crippen LogP contribution in [0.1, 0.15) is 38.1 Å². The molecule has 1 N–H and O–H groups in total. The van der Waals surface area contributed by atoms with Crippen LogP contribution < -0.4 is 5.32 Å². The molecule has 124 valence electrons. The first kappa shape index (κ1) is 18.9. The molecule has 0 atom stereocenters. The zero-order valence-electron chi connectivity index (χ0n) is 13.4. The van der Waals surface area contributed by atoms with Gasteiger partial charge in [0.25, 0.3) is 5.91 Å². The second-order valence-corrected chi connectivity index (χ2v) is 7.68. The van der Waals surface area contributed by atoms with Gasteiger partial charge in [-0.3, -0.25) is 4.79 Å². The topological polar surface area (TPSA) is 66.5 Å². The normalized spacial score (nSPS) is 12.0. The highest BCUT2D eigenvalue weighted by Crippen LogP contribution is 2.23. The maximum Gasteiger partial charge on any atom is 0.252 e. The van der Waals surface area contributed by atoms with Gasteiger partial charge in [0.05, 0.1) is 15.5 Å². The van der Waals surface area contributed by atoms with Gasteiger partial charge < -0.3 is 5.32 Å². The Kier molecular flexibility index (Phi) is 6.84. The molecule has 1 amide bonds. The summed E-state index contributed by atoms with van der Waals surface area (Å²) < 4.78 is 26.3. The van der Waals surface area contributed by atoms with E-state index in [0.29, 0.717) is 25.6 Å². The van der Waals surface area contributed by atoms with Gasteiger partial charge in [0.1, 0.15) is 0 Å². The summed E-state index contributed by atoms with van der Waals surface area (Å²) in [5.41, 5.74) is 0.176. The Labute approximate surface area is 137 Å². The van der Waals surface area contributed by atoms with E-state index in [1.165, 1.54) is 22.5 Å². The Hall–Kier alpha value is -1.11. The summed E-state index contributed by atoms with van der Waals surface area (Å²) in [4.78, 5) is 12.2. The van der Waals surface area contributed by atoms with Gasteiger partial charge in [0, 0.05) is 19.6 Å². The summed E-state index contributed by atoms with van der Waals surface area (Å²) in [6.07, 6.45) is 0. The van der Waals surface area contributed by atoms with Gasteiger partial charge in [-0.1, -0.05) is 39.3 Å². The molecule has 1 aromatic carbocycles. The molecular weight excluding hydrogens is 324 g/mol. The molecule has 1 aromatic rings. The van der Waals surface area contributed by atoms with Crippen molar-refractivity contribution in [1.29, 1.82) is 0 Å². The van der Waals surface area contributed by atoms with Crippen molar-refractivity contribution >= 4 is 27.5 Å². The van der Waals surface area contributed by atoms with Gasteiger partial charge in [-0.2, -0.15) is 4.31 Å². The molecule has 0 saturated carbocycles. The molecule has 0 radical (unpaired) electrons. The Morgan fingerprint density at radius 3 is 2.36 bits per heavy atom. The number of sulfonamides is 1. The van der Waals surface area contributed by atoms with E-state index in [2.05, 4.69) is 5.32 Å². The molecule has 7 heteroatoms. The SMILES string of the molecule is CCN(CC)S(=O)(=O)c1ccc(Cl)c(C(=O)NCC(C)C)c1. The van der Waals surface area contributed by atoms with Gasteiger partial charge in [0.2, 0.25) is 10.0 Å². The van der Waals surface area contributed by atoms with Crippen LogP contribution in [-0.4, -0.2) is 38.3 Å². The first-order valence-electron chi connectivity index (χ1n) is 7.31. The van der Waals surface area contributed by atoms with Crippen molar-refractivity contribution in [1.82, 2.24) is 9.62 Å². The highest BCUT2D eigenvalue weighted by atomic mass is 35.5. The van der Waals surface area contributed by atoms with Gasteiger partial charge in [-0.05, 0) is 24.1 Å². The molecule has 0 spiro atoms. The number of hydrogen-bond acceptors (Lipinski definition) is 3. The van der Waals surface area contributed by atoms with Crippen LogP contribution in [0, 0.1) is 5.92 Å². The number of hydrogen-bond donors (Lipinski definition) is 1. The van der Waals surface area contributed by atoms with Crippen molar-refractivity contribution < 1.29 is 13.2 Å². The molecule has 0 aliphatic carbocycles. The number of rotatable bonds is 7. The zero-order chi connectivity index (χ0) is 16.9. The lowest BCUT2D eigenvalue weighted by Gasteiger charge is -2.19. The smallest absolute Gasteiger partial charge is 0.252 e. The molecule has 5 nitrogen and oxygen atoms in total. The van der Waals surface area contributed by atoms with Crippen LogP contribution in [0.25, 0.3) is 0 Å². The van der Waals surface area contributed by atoms with Gasteiger partial charge in [-0.15, -0.1) is 0 Å². The largest absolute Gasteiger partial charge is 0.352 e. The van der Waals surface area contributed by atoms with E-state index in [-0.39, 0.29) is 21.4 Å². The van der Waals surface area contributed by atoms with Crippen LogP contribution in [0.3, 0.4) is 0 Å². The fourth-order valence-corrected chi connectivity index (χ4v) is 3.63. The van der Waals surface area contributed by atoms with Crippen LogP contribution in [0.15, 0.2) is 23.1 Å². The maximum absolute atomic E-state index is 12.5. The van der Waals surface area contributed by atoms with E-state index < -0.39 is 10.0 Å². The number of nitrogens with zero attached hydrogens (tertiary/aromatic N) is 1. The van der Waals surface area contributed by atoms with E-state index in [9.17, 15) is 13.2 Å². The molecule has 0 bridgehead atoms.